The lowest BCUT2D eigenvalue weighted by molar-refractivity contribution is 0.0370. The molecule has 0 spiro atoms. The van der Waals surface area contributed by atoms with Crippen molar-refractivity contribution in [3.8, 4) is 0 Å². The highest BCUT2D eigenvalue weighted by atomic mass is 16.5. The third kappa shape index (κ3) is 5.58. The van der Waals surface area contributed by atoms with E-state index in [9.17, 15) is 0 Å². The molecule has 0 aromatic carbocycles. The maximum Gasteiger partial charge on any atom is 0.0594 e. The molecule has 0 atom stereocenters. The standard InChI is InChI=1S/C11H24N2O/c1-11(2,12)5-3-4-6-13-7-9-14-10-8-13/h3-10,12H2,1-2H3. The first-order valence-electron chi connectivity index (χ1n) is 5.67. The molecule has 3 nitrogen and oxygen atoms in total. The highest BCUT2D eigenvalue weighted by Gasteiger charge is 2.12. The van der Waals surface area contributed by atoms with Gasteiger partial charge in [-0.3, -0.25) is 4.90 Å². The predicted octanol–water partition coefficient (Wildman–Crippen LogP) is 1.23. The molecule has 0 aliphatic carbocycles. The number of rotatable bonds is 5. The molecule has 0 aromatic rings. The zero-order valence-electron chi connectivity index (χ0n) is 9.59. The van der Waals surface area contributed by atoms with E-state index >= 15 is 0 Å². The number of nitrogens with zero attached hydrogens (tertiary/aromatic N) is 1. The van der Waals surface area contributed by atoms with Crippen LogP contribution in [0.5, 0.6) is 0 Å². The molecule has 0 aromatic heterocycles. The van der Waals surface area contributed by atoms with Crippen LogP contribution in [-0.2, 0) is 4.74 Å². The van der Waals surface area contributed by atoms with Gasteiger partial charge in [-0.2, -0.15) is 0 Å². The van der Waals surface area contributed by atoms with Crippen molar-refractivity contribution in [2.75, 3.05) is 32.8 Å². The van der Waals surface area contributed by atoms with Crippen LogP contribution in [-0.4, -0.2) is 43.3 Å². The minimum absolute atomic E-state index is 0.00497. The van der Waals surface area contributed by atoms with Crippen LogP contribution < -0.4 is 5.73 Å². The van der Waals surface area contributed by atoms with Crippen molar-refractivity contribution < 1.29 is 4.74 Å². The van der Waals surface area contributed by atoms with Crippen molar-refractivity contribution >= 4 is 0 Å². The number of morpholine rings is 1. The van der Waals surface area contributed by atoms with E-state index in [4.69, 9.17) is 10.5 Å². The molecule has 0 unspecified atom stereocenters. The average molecular weight is 200 g/mol. The fourth-order valence-corrected chi connectivity index (χ4v) is 1.74. The second-order valence-corrected chi connectivity index (χ2v) is 4.90. The lowest BCUT2D eigenvalue weighted by atomic mass is 9.99. The Balaban J connectivity index is 1.97. The molecule has 14 heavy (non-hydrogen) atoms. The summed E-state index contributed by atoms with van der Waals surface area (Å²) < 4.78 is 5.30. The first-order chi connectivity index (χ1) is 6.58. The molecular formula is C11H24N2O. The van der Waals surface area contributed by atoms with Crippen LogP contribution in [0.4, 0.5) is 0 Å². The van der Waals surface area contributed by atoms with Crippen LogP contribution in [0.25, 0.3) is 0 Å². The average Bonchev–Trinajstić information content (AvgIpc) is 2.13. The van der Waals surface area contributed by atoms with Gasteiger partial charge >= 0.3 is 0 Å². The minimum atomic E-state index is 0.00497. The number of hydrogen-bond acceptors (Lipinski definition) is 3. The Labute approximate surface area is 87.6 Å². The first-order valence-corrected chi connectivity index (χ1v) is 5.67. The molecule has 0 bridgehead atoms. The topological polar surface area (TPSA) is 38.5 Å². The summed E-state index contributed by atoms with van der Waals surface area (Å²) in [6.45, 7) is 9.42. The van der Waals surface area contributed by atoms with Crippen molar-refractivity contribution in [3.63, 3.8) is 0 Å². The van der Waals surface area contributed by atoms with Gasteiger partial charge in [0.25, 0.3) is 0 Å². The maximum atomic E-state index is 5.92. The van der Waals surface area contributed by atoms with Crippen LogP contribution in [0.3, 0.4) is 0 Å². The van der Waals surface area contributed by atoms with Gasteiger partial charge in [-0.1, -0.05) is 6.42 Å². The molecule has 0 radical (unpaired) electrons. The molecule has 0 saturated carbocycles. The third-order valence-electron chi connectivity index (χ3n) is 2.65. The number of unbranched alkanes of at least 4 members (excludes halogenated alkanes) is 1. The first kappa shape index (κ1) is 12.0. The molecular weight excluding hydrogens is 176 g/mol. The lowest BCUT2D eigenvalue weighted by Gasteiger charge is -2.27. The number of hydrogen-bond donors (Lipinski definition) is 1. The van der Waals surface area contributed by atoms with Gasteiger partial charge in [0.05, 0.1) is 13.2 Å². The summed E-state index contributed by atoms with van der Waals surface area (Å²) in [4.78, 5) is 2.48. The van der Waals surface area contributed by atoms with Crippen LogP contribution in [0.2, 0.25) is 0 Å². The zero-order chi connectivity index (χ0) is 10.4. The summed E-state index contributed by atoms with van der Waals surface area (Å²) in [5, 5.41) is 0. The minimum Gasteiger partial charge on any atom is -0.379 e. The van der Waals surface area contributed by atoms with Gasteiger partial charge in [-0.05, 0) is 33.2 Å². The van der Waals surface area contributed by atoms with Gasteiger partial charge in [0.15, 0.2) is 0 Å². The van der Waals surface area contributed by atoms with Gasteiger partial charge in [-0.25, -0.2) is 0 Å². The molecule has 2 N–H and O–H groups in total. The Kier molecular flexibility index (Phi) is 4.85. The largest absolute Gasteiger partial charge is 0.379 e. The van der Waals surface area contributed by atoms with Crippen molar-refractivity contribution in [1.29, 1.82) is 0 Å². The van der Waals surface area contributed by atoms with E-state index in [-0.39, 0.29) is 5.54 Å². The zero-order valence-corrected chi connectivity index (χ0v) is 9.59. The SMILES string of the molecule is CC(C)(N)CCCCN1CCOCC1. The van der Waals surface area contributed by atoms with Crippen LogP contribution in [0.1, 0.15) is 33.1 Å². The van der Waals surface area contributed by atoms with Crippen LogP contribution in [0, 0.1) is 0 Å². The van der Waals surface area contributed by atoms with Gasteiger partial charge in [0, 0.05) is 18.6 Å². The van der Waals surface area contributed by atoms with Crippen molar-refractivity contribution in [2.24, 2.45) is 5.73 Å². The predicted molar refractivity (Wildman–Crippen MR) is 59.4 cm³/mol. The van der Waals surface area contributed by atoms with E-state index in [1.807, 2.05) is 0 Å². The monoisotopic (exact) mass is 200 g/mol. The summed E-state index contributed by atoms with van der Waals surface area (Å²) in [5.74, 6) is 0. The Morgan fingerprint density at radius 3 is 2.43 bits per heavy atom. The summed E-state index contributed by atoms with van der Waals surface area (Å²) in [6.07, 6.45) is 3.62. The normalized spacial score (nSPS) is 19.9. The highest BCUT2D eigenvalue weighted by Crippen LogP contribution is 2.10. The molecule has 1 rings (SSSR count). The number of ether oxygens (including phenoxy) is 1. The van der Waals surface area contributed by atoms with E-state index < -0.39 is 0 Å². The summed E-state index contributed by atoms with van der Waals surface area (Å²) in [5.41, 5.74) is 5.93. The van der Waals surface area contributed by atoms with Crippen molar-refractivity contribution in [2.45, 2.75) is 38.6 Å². The quantitative estimate of drug-likeness (QED) is 0.678. The highest BCUT2D eigenvalue weighted by molar-refractivity contribution is 4.71. The van der Waals surface area contributed by atoms with Gasteiger partial charge in [-0.15, -0.1) is 0 Å². The molecule has 3 heteroatoms. The molecule has 84 valence electrons. The van der Waals surface area contributed by atoms with Gasteiger partial charge < -0.3 is 10.5 Å². The Hall–Kier alpha value is -0.120. The second-order valence-electron chi connectivity index (χ2n) is 4.90. The van der Waals surface area contributed by atoms with E-state index in [1.54, 1.807) is 0 Å². The summed E-state index contributed by atoms with van der Waals surface area (Å²) in [6, 6.07) is 0. The number of nitrogens with two attached hydrogens (primary N) is 1. The van der Waals surface area contributed by atoms with Gasteiger partial charge in [0.1, 0.15) is 0 Å². The van der Waals surface area contributed by atoms with Crippen LogP contribution >= 0.6 is 0 Å². The molecule has 1 aliphatic rings. The third-order valence-corrected chi connectivity index (χ3v) is 2.65. The molecule has 0 amide bonds. The molecule has 1 aliphatic heterocycles. The Morgan fingerprint density at radius 2 is 1.86 bits per heavy atom. The lowest BCUT2D eigenvalue weighted by Crippen LogP contribution is -2.37. The Morgan fingerprint density at radius 1 is 1.21 bits per heavy atom. The fourth-order valence-electron chi connectivity index (χ4n) is 1.74. The van der Waals surface area contributed by atoms with Crippen molar-refractivity contribution in [1.82, 2.24) is 4.90 Å². The second kappa shape index (κ2) is 5.69. The van der Waals surface area contributed by atoms with E-state index in [0.717, 1.165) is 32.7 Å². The van der Waals surface area contributed by atoms with Crippen LogP contribution in [0.15, 0.2) is 0 Å². The molecule has 1 heterocycles. The van der Waals surface area contributed by atoms with Gasteiger partial charge in [0.2, 0.25) is 0 Å². The van der Waals surface area contributed by atoms with Crippen molar-refractivity contribution in [3.05, 3.63) is 0 Å². The van der Waals surface area contributed by atoms with E-state index in [1.165, 1.54) is 19.4 Å². The molecule has 1 saturated heterocycles. The maximum absolute atomic E-state index is 5.92. The summed E-state index contributed by atoms with van der Waals surface area (Å²) >= 11 is 0. The molecule has 1 fully saturated rings. The fraction of sp³-hybridized carbons (Fsp3) is 1.00. The summed E-state index contributed by atoms with van der Waals surface area (Å²) in [7, 11) is 0. The van der Waals surface area contributed by atoms with E-state index in [2.05, 4.69) is 18.7 Å². The Bertz CT molecular complexity index is 148. The van der Waals surface area contributed by atoms with E-state index in [0.29, 0.717) is 0 Å². The smallest absolute Gasteiger partial charge is 0.0594 e.